The fourth-order valence-electron chi connectivity index (χ4n) is 4.88. The summed E-state index contributed by atoms with van der Waals surface area (Å²) in [6.45, 7) is 14.7. The maximum absolute atomic E-state index is 12.4. The molecule has 4 unspecified atom stereocenters. The molecule has 5 heteroatoms. The standard InChI is InChI=1S/C33H63NO4.2CH4/c1-9-10-25-37-33(36)26-31(38-32(35)21-14-24-34(7)8)23-22-30(6)20-13-19-29(5)18-12-17-28(4)16-11-15-27(2)3;;/h9-10,27-31H,11-26H2,1-8H3;2*1H4/b10-9+;;. The molecule has 0 heterocycles. The van der Waals surface area contributed by atoms with Crippen molar-refractivity contribution in [1.29, 1.82) is 0 Å². The Hall–Kier alpha value is -1.36. The fourth-order valence-corrected chi connectivity index (χ4v) is 4.88. The first-order valence-corrected chi connectivity index (χ1v) is 15.6. The summed E-state index contributed by atoms with van der Waals surface area (Å²) in [6, 6.07) is 0. The van der Waals surface area contributed by atoms with E-state index in [1.165, 1.54) is 57.8 Å². The third-order valence-electron chi connectivity index (χ3n) is 7.50. The average molecular weight is 570 g/mol. The van der Waals surface area contributed by atoms with Gasteiger partial charge in [0.2, 0.25) is 0 Å². The molecule has 5 nitrogen and oxygen atoms in total. The molecule has 0 amide bonds. The van der Waals surface area contributed by atoms with Crippen LogP contribution in [0.25, 0.3) is 0 Å². The number of carbonyl (C=O) groups excluding carboxylic acids is 2. The van der Waals surface area contributed by atoms with Crippen molar-refractivity contribution in [3.8, 4) is 0 Å². The van der Waals surface area contributed by atoms with Crippen molar-refractivity contribution < 1.29 is 19.1 Å². The number of carbonyl (C=O) groups is 2. The molecule has 0 aliphatic rings. The predicted octanol–water partition coefficient (Wildman–Crippen LogP) is 9.88. The normalized spacial score (nSPS) is 14.3. The first-order chi connectivity index (χ1) is 18.0. The minimum atomic E-state index is -0.399. The van der Waals surface area contributed by atoms with Crippen molar-refractivity contribution >= 4 is 11.9 Å². The Morgan fingerprint density at radius 1 is 0.700 bits per heavy atom. The van der Waals surface area contributed by atoms with E-state index >= 15 is 0 Å². The molecular weight excluding hydrogens is 498 g/mol. The van der Waals surface area contributed by atoms with Gasteiger partial charge in [-0.15, -0.1) is 0 Å². The molecule has 0 N–H and O–H groups in total. The predicted molar refractivity (Wildman–Crippen MR) is 175 cm³/mol. The molecule has 4 atom stereocenters. The Kier molecular flexibility index (Phi) is 29.9. The van der Waals surface area contributed by atoms with Gasteiger partial charge in [0.25, 0.3) is 0 Å². The molecule has 0 rings (SSSR count). The maximum atomic E-state index is 12.4. The van der Waals surface area contributed by atoms with Crippen molar-refractivity contribution in [2.24, 2.45) is 23.7 Å². The molecule has 0 spiro atoms. The van der Waals surface area contributed by atoms with E-state index in [9.17, 15) is 9.59 Å². The first kappa shape index (κ1) is 43.1. The van der Waals surface area contributed by atoms with E-state index in [0.717, 1.165) is 37.1 Å². The van der Waals surface area contributed by atoms with Crippen LogP contribution in [0.1, 0.15) is 146 Å². The topological polar surface area (TPSA) is 55.8 Å². The van der Waals surface area contributed by atoms with Crippen LogP contribution in [0.5, 0.6) is 0 Å². The monoisotopic (exact) mass is 570 g/mol. The SMILES string of the molecule is C.C.C/C=C/COC(=O)CC(CCC(C)CCCC(C)CCCC(C)CCCC(C)C)OC(=O)CCCN(C)C. The van der Waals surface area contributed by atoms with Crippen molar-refractivity contribution in [2.75, 3.05) is 27.2 Å². The summed E-state index contributed by atoms with van der Waals surface area (Å²) in [5.41, 5.74) is 0. The van der Waals surface area contributed by atoms with E-state index in [1.54, 1.807) is 6.08 Å². The lowest BCUT2D eigenvalue weighted by molar-refractivity contribution is -0.155. The number of nitrogens with zero attached hydrogens (tertiary/aromatic N) is 1. The van der Waals surface area contributed by atoms with E-state index in [0.29, 0.717) is 18.8 Å². The van der Waals surface area contributed by atoms with E-state index in [4.69, 9.17) is 9.47 Å². The molecule has 0 fully saturated rings. The highest BCUT2D eigenvalue weighted by atomic mass is 16.6. The lowest BCUT2D eigenvalue weighted by Crippen LogP contribution is -2.24. The van der Waals surface area contributed by atoms with Crippen LogP contribution in [-0.2, 0) is 19.1 Å². The quantitative estimate of drug-likeness (QED) is 0.0855. The van der Waals surface area contributed by atoms with Gasteiger partial charge in [-0.3, -0.25) is 9.59 Å². The zero-order valence-electron chi connectivity index (χ0n) is 26.4. The van der Waals surface area contributed by atoms with Crippen LogP contribution in [0.15, 0.2) is 12.2 Å². The molecule has 240 valence electrons. The molecule has 0 aromatic rings. The summed E-state index contributed by atoms with van der Waals surface area (Å²) in [4.78, 5) is 26.7. The summed E-state index contributed by atoms with van der Waals surface area (Å²) in [6.07, 6.45) is 18.1. The molecule has 0 saturated carbocycles. The Balaban J connectivity index is -0.00000684. The van der Waals surface area contributed by atoms with E-state index in [-0.39, 0.29) is 39.8 Å². The Bertz CT molecular complexity index is 617. The maximum Gasteiger partial charge on any atom is 0.309 e. The molecule has 0 saturated heterocycles. The molecule has 0 aromatic carbocycles. The van der Waals surface area contributed by atoms with Crippen molar-refractivity contribution in [2.45, 2.75) is 152 Å². The molecule has 0 bridgehead atoms. The van der Waals surface area contributed by atoms with Crippen LogP contribution in [0.3, 0.4) is 0 Å². The van der Waals surface area contributed by atoms with E-state index in [2.05, 4.69) is 39.5 Å². The Morgan fingerprint density at radius 3 is 1.68 bits per heavy atom. The smallest absolute Gasteiger partial charge is 0.309 e. The molecule has 40 heavy (non-hydrogen) atoms. The summed E-state index contributed by atoms with van der Waals surface area (Å²) >= 11 is 0. The van der Waals surface area contributed by atoms with Crippen molar-refractivity contribution in [3.05, 3.63) is 12.2 Å². The second kappa shape index (κ2) is 27.8. The Labute approximate surface area is 251 Å². The minimum Gasteiger partial charge on any atom is -0.462 e. The zero-order chi connectivity index (χ0) is 28.8. The number of hydrogen-bond donors (Lipinski definition) is 0. The van der Waals surface area contributed by atoms with Gasteiger partial charge < -0.3 is 14.4 Å². The number of allylic oxidation sites excluding steroid dienone is 1. The van der Waals surface area contributed by atoms with Gasteiger partial charge in [-0.2, -0.15) is 0 Å². The van der Waals surface area contributed by atoms with Gasteiger partial charge in [-0.25, -0.2) is 0 Å². The number of ether oxygens (including phenoxy) is 2. The first-order valence-electron chi connectivity index (χ1n) is 15.6. The van der Waals surface area contributed by atoms with E-state index in [1.807, 2.05) is 27.1 Å². The van der Waals surface area contributed by atoms with Gasteiger partial charge in [-0.05, 0) is 70.5 Å². The van der Waals surface area contributed by atoms with Crippen LogP contribution in [0.2, 0.25) is 0 Å². The highest BCUT2D eigenvalue weighted by Crippen LogP contribution is 2.24. The third-order valence-corrected chi connectivity index (χ3v) is 7.50. The van der Waals surface area contributed by atoms with Gasteiger partial charge in [0.1, 0.15) is 12.7 Å². The summed E-state index contributed by atoms with van der Waals surface area (Å²) in [5, 5.41) is 0. The number of hydrogen-bond acceptors (Lipinski definition) is 5. The minimum absolute atomic E-state index is 0. The summed E-state index contributed by atoms with van der Waals surface area (Å²) in [5.74, 6) is 2.51. The van der Waals surface area contributed by atoms with Crippen molar-refractivity contribution in [3.63, 3.8) is 0 Å². The highest BCUT2D eigenvalue weighted by Gasteiger charge is 2.20. The molecule has 0 radical (unpaired) electrons. The van der Waals surface area contributed by atoms with Crippen LogP contribution < -0.4 is 0 Å². The third kappa shape index (κ3) is 28.2. The molecule has 0 aliphatic carbocycles. The van der Waals surface area contributed by atoms with Crippen LogP contribution >= 0.6 is 0 Å². The summed E-state index contributed by atoms with van der Waals surface area (Å²) < 4.78 is 11.0. The molecular formula is C35H71NO4. The van der Waals surface area contributed by atoms with E-state index < -0.39 is 6.10 Å². The fraction of sp³-hybridized carbons (Fsp3) is 0.886. The lowest BCUT2D eigenvalue weighted by Gasteiger charge is -2.20. The van der Waals surface area contributed by atoms with Gasteiger partial charge in [0.05, 0.1) is 6.42 Å². The van der Waals surface area contributed by atoms with Gasteiger partial charge in [0, 0.05) is 6.42 Å². The summed E-state index contributed by atoms with van der Waals surface area (Å²) in [7, 11) is 3.99. The van der Waals surface area contributed by atoms with Crippen LogP contribution in [0, 0.1) is 23.7 Å². The van der Waals surface area contributed by atoms with Crippen molar-refractivity contribution in [1.82, 2.24) is 4.90 Å². The van der Waals surface area contributed by atoms with Crippen LogP contribution in [-0.4, -0.2) is 50.2 Å². The highest BCUT2D eigenvalue weighted by molar-refractivity contribution is 5.72. The number of esters is 2. The number of rotatable bonds is 24. The second-order valence-electron chi connectivity index (χ2n) is 12.6. The molecule has 0 aromatic heterocycles. The van der Waals surface area contributed by atoms with Gasteiger partial charge >= 0.3 is 11.9 Å². The van der Waals surface area contributed by atoms with Crippen LogP contribution in [0.4, 0.5) is 0 Å². The van der Waals surface area contributed by atoms with Gasteiger partial charge in [0.15, 0.2) is 0 Å². The Morgan fingerprint density at radius 2 is 1.20 bits per heavy atom. The lowest BCUT2D eigenvalue weighted by atomic mass is 9.90. The second-order valence-corrected chi connectivity index (χ2v) is 12.6. The average Bonchev–Trinajstić information content (AvgIpc) is 2.82. The zero-order valence-corrected chi connectivity index (χ0v) is 26.4. The van der Waals surface area contributed by atoms with Gasteiger partial charge in [-0.1, -0.05) is 119 Å². The molecule has 0 aliphatic heterocycles. The largest absolute Gasteiger partial charge is 0.462 e.